The SMILES string of the molecule is CN1CCN(C)CC1.O=Cc1ccc(NC(=O)Nc2ccccc2)c(N2CCC(C(c3ccccc3)c3ccccc3)CC2)c1. The molecule has 4 aromatic carbocycles. The Morgan fingerprint density at radius 3 is 1.71 bits per heavy atom. The van der Waals surface area contributed by atoms with Crippen LogP contribution < -0.4 is 15.5 Å². The summed E-state index contributed by atoms with van der Waals surface area (Å²) in [6, 6.07) is 36.0. The summed E-state index contributed by atoms with van der Waals surface area (Å²) >= 11 is 0. The highest BCUT2D eigenvalue weighted by Gasteiger charge is 2.30. The van der Waals surface area contributed by atoms with Crippen LogP contribution in [-0.4, -0.2) is 75.5 Å². The third-order valence-electron chi connectivity index (χ3n) is 8.83. The van der Waals surface area contributed by atoms with Gasteiger partial charge in [-0.25, -0.2) is 4.79 Å². The normalized spacial score (nSPS) is 16.0. The van der Waals surface area contributed by atoms with Crippen molar-refractivity contribution in [2.45, 2.75) is 18.8 Å². The lowest BCUT2D eigenvalue weighted by Gasteiger charge is -2.38. The summed E-state index contributed by atoms with van der Waals surface area (Å²) in [7, 11) is 4.35. The van der Waals surface area contributed by atoms with Crippen LogP contribution in [0.15, 0.2) is 109 Å². The van der Waals surface area contributed by atoms with Crippen molar-refractivity contribution in [2.24, 2.45) is 5.92 Å². The average molecular weight is 604 g/mol. The number of nitrogens with one attached hydrogen (secondary N) is 2. The van der Waals surface area contributed by atoms with Crippen LogP contribution in [0.4, 0.5) is 21.9 Å². The highest BCUT2D eigenvalue weighted by molar-refractivity contribution is 6.02. The summed E-state index contributed by atoms with van der Waals surface area (Å²) < 4.78 is 0. The van der Waals surface area contributed by atoms with E-state index in [2.05, 4.69) is 100 Å². The molecule has 2 heterocycles. The number of rotatable bonds is 7. The second-order valence-corrected chi connectivity index (χ2v) is 12.1. The molecule has 2 amide bonds. The second-order valence-electron chi connectivity index (χ2n) is 12.1. The molecule has 4 aromatic rings. The van der Waals surface area contributed by atoms with Crippen LogP contribution in [0.5, 0.6) is 0 Å². The lowest BCUT2D eigenvalue weighted by Crippen LogP contribution is -2.42. The number of anilines is 3. The molecule has 0 saturated carbocycles. The van der Waals surface area contributed by atoms with Crippen molar-refractivity contribution < 1.29 is 9.59 Å². The van der Waals surface area contributed by atoms with E-state index in [9.17, 15) is 9.59 Å². The summed E-state index contributed by atoms with van der Waals surface area (Å²) in [6.07, 6.45) is 2.87. The van der Waals surface area contributed by atoms with E-state index in [0.29, 0.717) is 23.1 Å². The first-order valence-electron chi connectivity index (χ1n) is 15.9. The van der Waals surface area contributed by atoms with Crippen molar-refractivity contribution >= 4 is 29.4 Å². The first-order chi connectivity index (χ1) is 22.0. The van der Waals surface area contributed by atoms with Crippen LogP contribution >= 0.6 is 0 Å². The number of hydrogen-bond acceptors (Lipinski definition) is 5. The Bertz CT molecular complexity index is 1430. The molecular weight excluding hydrogens is 558 g/mol. The number of nitrogens with zero attached hydrogens (tertiary/aromatic N) is 3. The van der Waals surface area contributed by atoms with Gasteiger partial charge < -0.3 is 25.3 Å². The van der Waals surface area contributed by atoms with Crippen molar-refractivity contribution in [1.29, 1.82) is 0 Å². The number of piperidine rings is 1. The van der Waals surface area contributed by atoms with E-state index < -0.39 is 0 Å². The Morgan fingerprint density at radius 1 is 0.689 bits per heavy atom. The number of likely N-dealkylation sites (N-methyl/N-ethyl adjacent to an activating group) is 2. The number of carbonyl (C=O) groups excluding carboxylic acids is 2. The molecule has 0 aliphatic carbocycles. The molecule has 0 radical (unpaired) electrons. The minimum absolute atomic E-state index is 0.311. The first-order valence-corrected chi connectivity index (χ1v) is 15.9. The third-order valence-corrected chi connectivity index (χ3v) is 8.83. The molecule has 0 aromatic heterocycles. The predicted octanol–water partition coefficient (Wildman–Crippen LogP) is 7.06. The van der Waals surface area contributed by atoms with E-state index in [1.165, 1.54) is 37.3 Å². The lowest BCUT2D eigenvalue weighted by molar-refractivity contribution is 0.112. The maximum Gasteiger partial charge on any atom is 0.323 e. The van der Waals surface area contributed by atoms with Crippen molar-refractivity contribution in [1.82, 2.24) is 9.80 Å². The Labute approximate surface area is 267 Å². The number of aldehydes is 1. The van der Waals surface area contributed by atoms with Crippen molar-refractivity contribution in [3.63, 3.8) is 0 Å². The van der Waals surface area contributed by atoms with Crippen LogP contribution in [0.3, 0.4) is 0 Å². The topological polar surface area (TPSA) is 67.9 Å². The van der Waals surface area contributed by atoms with Crippen LogP contribution in [0.1, 0.15) is 40.2 Å². The number of para-hydroxylation sites is 1. The van der Waals surface area contributed by atoms with Gasteiger partial charge in [0.25, 0.3) is 0 Å². The molecule has 2 aliphatic rings. The standard InChI is InChI=1S/C32H31N3O2.C6H14N2/c36-23-24-16-17-29(34-32(37)33-28-14-8-3-9-15-28)30(22-24)35-20-18-27(19-21-35)31(25-10-4-1-5-11-25)26-12-6-2-7-13-26;1-7-3-5-8(2)6-4-7/h1-17,22-23,27,31H,18-21H2,(H2,33,34,37);3-6H2,1-2H3. The van der Waals surface area contributed by atoms with Crippen molar-refractivity contribution in [2.75, 3.05) is 68.9 Å². The van der Waals surface area contributed by atoms with E-state index >= 15 is 0 Å². The minimum Gasteiger partial charge on any atom is -0.370 e. The number of benzene rings is 4. The summed E-state index contributed by atoms with van der Waals surface area (Å²) in [5, 5.41) is 5.86. The molecular formula is C38H45N5O2. The van der Waals surface area contributed by atoms with E-state index in [1.807, 2.05) is 42.5 Å². The van der Waals surface area contributed by atoms with E-state index in [-0.39, 0.29) is 6.03 Å². The maximum absolute atomic E-state index is 12.7. The molecule has 2 fully saturated rings. The van der Waals surface area contributed by atoms with Gasteiger partial charge in [-0.3, -0.25) is 4.79 Å². The van der Waals surface area contributed by atoms with E-state index in [0.717, 1.165) is 43.6 Å². The van der Waals surface area contributed by atoms with Crippen molar-refractivity contribution in [3.05, 3.63) is 126 Å². The van der Waals surface area contributed by atoms with Gasteiger partial charge in [-0.1, -0.05) is 78.9 Å². The zero-order valence-electron chi connectivity index (χ0n) is 26.4. The Morgan fingerprint density at radius 2 is 1.20 bits per heavy atom. The molecule has 2 N–H and O–H groups in total. The fraction of sp³-hybridized carbons (Fsp3) is 0.316. The number of amides is 2. The lowest BCUT2D eigenvalue weighted by atomic mass is 9.76. The molecule has 234 valence electrons. The van der Waals surface area contributed by atoms with Gasteiger partial charge in [0.15, 0.2) is 0 Å². The van der Waals surface area contributed by atoms with Crippen LogP contribution in [-0.2, 0) is 0 Å². The summed E-state index contributed by atoms with van der Waals surface area (Å²) in [5.74, 6) is 0.827. The van der Waals surface area contributed by atoms with Crippen LogP contribution in [0.25, 0.3) is 0 Å². The number of piperazine rings is 1. The molecule has 0 bridgehead atoms. The summed E-state index contributed by atoms with van der Waals surface area (Å²) in [5.41, 5.74) is 5.57. The molecule has 0 atom stereocenters. The van der Waals surface area contributed by atoms with Gasteiger partial charge >= 0.3 is 6.03 Å². The molecule has 7 nitrogen and oxygen atoms in total. The van der Waals surface area contributed by atoms with Gasteiger partial charge in [-0.15, -0.1) is 0 Å². The number of carbonyl (C=O) groups is 2. The zero-order valence-corrected chi connectivity index (χ0v) is 26.4. The Hall–Kier alpha value is -4.46. The fourth-order valence-corrected chi connectivity index (χ4v) is 6.23. The molecule has 7 heteroatoms. The van der Waals surface area contributed by atoms with Gasteiger partial charge in [-0.05, 0) is 74.3 Å². The van der Waals surface area contributed by atoms with Gasteiger partial charge in [0, 0.05) is 56.4 Å². The van der Waals surface area contributed by atoms with Gasteiger partial charge in [0.1, 0.15) is 6.29 Å². The Balaban J connectivity index is 0.000000436. The number of urea groups is 1. The van der Waals surface area contributed by atoms with Gasteiger partial charge in [0.05, 0.1) is 11.4 Å². The van der Waals surface area contributed by atoms with Crippen LogP contribution in [0, 0.1) is 5.92 Å². The predicted molar refractivity (Wildman–Crippen MR) is 186 cm³/mol. The monoisotopic (exact) mass is 603 g/mol. The average Bonchev–Trinajstić information content (AvgIpc) is 3.08. The zero-order chi connectivity index (χ0) is 31.4. The van der Waals surface area contributed by atoms with E-state index in [1.54, 1.807) is 6.07 Å². The summed E-state index contributed by atoms with van der Waals surface area (Å²) in [4.78, 5) is 31.3. The molecule has 45 heavy (non-hydrogen) atoms. The summed E-state index contributed by atoms with van der Waals surface area (Å²) in [6.45, 7) is 6.62. The largest absolute Gasteiger partial charge is 0.370 e. The Kier molecular flexibility index (Phi) is 11.4. The molecule has 2 aliphatic heterocycles. The maximum atomic E-state index is 12.7. The van der Waals surface area contributed by atoms with Crippen molar-refractivity contribution in [3.8, 4) is 0 Å². The number of hydrogen-bond donors (Lipinski definition) is 2. The highest BCUT2D eigenvalue weighted by Crippen LogP contribution is 2.40. The van der Waals surface area contributed by atoms with E-state index in [4.69, 9.17) is 0 Å². The highest BCUT2D eigenvalue weighted by atomic mass is 16.2. The smallest absolute Gasteiger partial charge is 0.323 e. The first kappa shape index (κ1) is 31.9. The second kappa shape index (κ2) is 16.0. The molecule has 6 rings (SSSR count). The molecule has 2 saturated heterocycles. The van der Waals surface area contributed by atoms with Crippen LogP contribution in [0.2, 0.25) is 0 Å². The minimum atomic E-state index is -0.311. The van der Waals surface area contributed by atoms with Gasteiger partial charge in [-0.2, -0.15) is 0 Å². The molecule has 0 spiro atoms. The third kappa shape index (κ3) is 9.03. The quantitative estimate of drug-likeness (QED) is 0.222. The fourth-order valence-electron chi connectivity index (χ4n) is 6.23. The molecule has 0 unspecified atom stereocenters. The van der Waals surface area contributed by atoms with Gasteiger partial charge in [0.2, 0.25) is 0 Å².